The maximum atomic E-state index is 9.88. The molecule has 0 aliphatic carbocycles. The van der Waals surface area contributed by atoms with Crippen LogP contribution in [0.15, 0.2) is 11.4 Å². The molecule has 0 saturated carbocycles. The van der Waals surface area contributed by atoms with Gasteiger partial charge in [0.15, 0.2) is 0 Å². The lowest BCUT2D eigenvalue weighted by Crippen LogP contribution is -2.15. The molecule has 0 heterocycles. The normalized spacial score (nSPS) is 12.6. The van der Waals surface area contributed by atoms with Gasteiger partial charge in [-0.25, -0.2) is 4.79 Å². The van der Waals surface area contributed by atoms with E-state index in [1.54, 1.807) is 0 Å². The maximum absolute atomic E-state index is 9.88. The first-order chi connectivity index (χ1) is 3.55. The maximum Gasteiger partial charge on any atom is 0.353 e. The van der Waals surface area contributed by atoms with Gasteiger partial charge in [-0.2, -0.15) is 0 Å². The Morgan fingerprint density at radius 1 is 1.50 bits per heavy atom. The van der Waals surface area contributed by atoms with Gasteiger partial charge < -0.3 is 16.6 Å². The summed E-state index contributed by atoms with van der Waals surface area (Å²) in [5.74, 6) is -1.18. The van der Waals surface area contributed by atoms with E-state index in [-0.39, 0.29) is 11.4 Å². The van der Waals surface area contributed by atoms with Gasteiger partial charge in [0.25, 0.3) is 0 Å². The first kappa shape index (κ1) is 6.81. The summed E-state index contributed by atoms with van der Waals surface area (Å²) in [6.45, 7) is 1.43. The fourth-order valence-corrected chi connectivity index (χ4v) is 0.169. The van der Waals surface area contributed by atoms with Gasteiger partial charge in [0.1, 0.15) is 5.70 Å². The lowest BCUT2D eigenvalue weighted by molar-refractivity contribution is -0.132. The summed E-state index contributed by atoms with van der Waals surface area (Å²) in [5, 5.41) is 8.09. The van der Waals surface area contributed by atoms with Crippen molar-refractivity contribution >= 4 is 5.97 Å². The minimum absolute atomic E-state index is 0.137. The Morgan fingerprint density at radius 3 is 1.88 bits per heavy atom. The number of carbonyl (C=O) groups is 1. The molecular formula is C4H8N2O2. The Morgan fingerprint density at radius 2 is 1.88 bits per heavy atom. The Hall–Kier alpha value is -1.19. The van der Waals surface area contributed by atoms with Crippen molar-refractivity contribution in [1.29, 1.82) is 0 Å². The van der Waals surface area contributed by atoms with Crippen LogP contribution in [-0.2, 0) is 4.79 Å². The molecule has 0 spiro atoms. The largest absolute Gasteiger partial charge is 0.477 e. The van der Waals surface area contributed by atoms with Crippen molar-refractivity contribution < 1.29 is 9.90 Å². The molecule has 4 nitrogen and oxygen atoms in total. The Labute approximate surface area is 46.8 Å². The van der Waals surface area contributed by atoms with Gasteiger partial charge in [-0.1, -0.05) is 0 Å². The van der Waals surface area contributed by atoms with E-state index in [1.165, 1.54) is 6.92 Å². The molecule has 46 valence electrons. The molecule has 0 rings (SSSR count). The second-order valence-electron chi connectivity index (χ2n) is 1.40. The third-order valence-corrected chi connectivity index (χ3v) is 0.655. The molecule has 8 heavy (non-hydrogen) atoms. The molecular weight excluding hydrogens is 108 g/mol. The van der Waals surface area contributed by atoms with E-state index in [9.17, 15) is 4.79 Å². The molecule has 0 aliphatic heterocycles. The molecule has 0 radical (unpaired) electrons. The highest BCUT2D eigenvalue weighted by Crippen LogP contribution is 1.86. The zero-order valence-corrected chi connectivity index (χ0v) is 4.51. The van der Waals surface area contributed by atoms with Crippen molar-refractivity contribution in [2.75, 3.05) is 0 Å². The van der Waals surface area contributed by atoms with Crippen molar-refractivity contribution in [1.82, 2.24) is 0 Å². The van der Waals surface area contributed by atoms with Crippen LogP contribution < -0.4 is 11.5 Å². The molecule has 0 bridgehead atoms. The molecule has 0 fully saturated rings. The van der Waals surface area contributed by atoms with E-state index in [4.69, 9.17) is 16.6 Å². The van der Waals surface area contributed by atoms with Crippen molar-refractivity contribution in [2.45, 2.75) is 6.92 Å². The van der Waals surface area contributed by atoms with Gasteiger partial charge in [0.2, 0.25) is 0 Å². The molecule has 0 amide bonds. The monoisotopic (exact) mass is 116 g/mol. The third-order valence-electron chi connectivity index (χ3n) is 0.655. The molecule has 0 aliphatic rings. The molecule has 0 aromatic heterocycles. The number of nitrogens with two attached hydrogens (primary N) is 2. The number of carboxylic acid groups (broad SMARTS) is 1. The lowest BCUT2D eigenvalue weighted by atomic mass is 10.4. The van der Waals surface area contributed by atoms with Gasteiger partial charge >= 0.3 is 5.97 Å². The van der Waals surface area contributed by atoms with Gasteiger partial charge in [-0.15, -0.1) is 0 Å². The first-order valence-electron chi connectivity index (χ1n) is 2.01. The van der Waals surface area contributed by atoms with Gasteiger partial charge in [0.05, 0.1) is 0 Å². The SMILES string of the molecule is CC(N)=C(N)C(=O)O. The van der Waals surface area contributed by atoms with Crippen LogP contribution in [-0.4, -0.2) is 11.1 Å². The van der Waals surface area contributed by atoms with Crippen molar-refractivity contribution in [3.05, 3.63) is 11.4 Å². The Bertz CT molecular complexity index is 135. The van der Waals surface area contributed by atoms with Crippen LogP contribution >= 0.6 is 0 Å². The van der Waals surface area contributed by atoms with E-state index >= 15 is 0 Å². The molecule has 0 unspecified atom stereocenters. The topological polar surface area (TPSA) is 89.3 Å². The van der Waals surface area contributed by atoms with Crippen LogP contribution in [0.3, 0.4) is 0 Å². The fourth-order valence-electron chi connectivity index (χ4n) is 0.169. The molecule has 0 aromatic rings. The second-order valence-corrected chi connectivity index (χ2v) is 1.40. The van der Waals surface area contributed by atoms with Crippen LogP contribution in [0, 0.1) is 0 Å². The predicted octanol–water partition coefficient (Wildman–Crippen LogP) is -0.780. The van der Waals surface area contributed by atoms with Crippen LogP contribution in [0.1, 0.15) is 6.92 Å². The quantitative estimate of drug-likeness (QED) is 0.392. The van der Waals surface area contributed by atoms with E-state index in [0.29, 0.717) is 0 Å². The molecule has 0 aromatic carbocycles. The summed E-state index contributed by atoms with van der Waals surface area (Å²) >= 11 is 0. The molecule has 0 atom stereocenters. The molecule has 0 saturated heterocycles. The summed E-state index contributed by atoms with van der Waals surface area (Å²) in [6.07, 6.45) is 0. The van der Waals surface area contributed by atoms with Crippen LogP contribution in [0.4, 0.5) is 0 Å². The van der Waals surface area contributed by atoms with E-state index in [1.807, 2.05) is 0 Å². The average molecular weight is 116 g/mol. The van der Waals surface area contributed by atoms with Gasteiger partial charge in [0, 0.05) is 5.70 Å². The number of aliphatic carboxylic acids is 1. The number of hydrogen-bond donors (Lipinski definition) is 3. The summed E-state index contributed by atoms with van der Waals surface area (Å²) in [6, 6.07) is 0. The van der Waals surface area contributed by atoms with Crippen LogP contribution in [0.25, 0.3) is 0 Å². The van der Waals surface area contributed by atoms with Crippen molar-refractivity contribution in [3.63, 3.8) is 0 Å². The second kappa shape index (κ2) is 2.20. The summed E-state index contributed by atoms with van der Waals surface area (Å²) in [7, 11) is 0. The smallest absolute Gasteiger partial charge is 0.353 e. The minimum Gasteiger partial charge on any atom is -0.477 e. The van der Waals surface area contributed by atoms with Gasteiger partial charge in [-0.05, 0) is 6.92 Å². The molecule has 4 heteroatoms. The average Bonchev–Trinajstić information content (AvgIpc) is 1.64. The number of hydrogen-bond acceptors (Lipinski definition) is 3. The lowest BCUT2D eigenvalue weighted by Gasteiger charge is -1.93. The van der Waals surface area contributed by atoms with Gasteiger partial charge in [-0.3, -0.25) is 0 Å². The third kappa shape index (κ3) is 1.51. The predicted molar refractivity (Wildman–Crippen MR) is 28.7 cm³/mol. The highest BCUT2D eigenvalue weighted by molar-refractivity contribution is 5.85. The number of rotatable bonds is 1. The molecule has 5 N–H and O–H groups in total. The first-order valence-corrected chi connectivity index (χ1v) is 2.01. The van der Waals surface area contributed by atoms with E-state index in [0.717, 1.165) is 0 Å². The Balaban J connectivity index is 4.23. The van der Waals surface area contributed by atoms with E-state index in [2.05, 4.69) is 0 Å². The highest BCUT2D eigenvalue weighted by Gasteiger charge is 2.01. The summed E-state index contributed by atoms with van der Waals surface area (Å²) in [4.78, 5) is 9.88. The fraction of sp³-hybridized carbons (Fsp3) is 0.250. The number of carboxylic acids is 1. The van der Waals surface area contributed by atoms with E-state index < -0.39 is 5.97 Å². The minimum atomic E-state index is -1.18. The summed E-state index contributed by atoms with van der Waals surface area (Å²) < 4.78 is 0. The zero-order valence-electron chi connectivity index (χ0n) is 4.51. The number of allylic oxidation sites excluding steroid dienone is 1. The Kier molecular flexibility index (Phi) is 1.88. The van der Waals surface area contributed by atoms with Crippen LogP contribution in [0.2, 0.25) is 0 Å². The summed E-state index contributed by atoms with van der Waals surface area (Å²) in [5.41, 5.74) is 9.77. The zero-order chi connectivity index (χ0) is 6.73. The van der Waals surface area contributed by atoms with Crippen molar-refractivity contribution in [2.24, 2.45) is 11.5 Å². The highest BCUT2D eigenvalue weighted by atomic mass is 16.4. The standard InChI is InChI=1S/C4H8N2O2/c1-2(5)3(6)4(7)8/h5-6H2,1H3,(H,7,8). The van der Waals surface area contributed by atoms with Crippen molar-refractivity contribution in [3.8, 4) is 0 Å². The van der Waals surface area contributed by atoms with Crippen LogP contribution in [0.5, 0.6) is 0 Å².